The van der Waals surface area contributed by atoms with Gasteiger partial charge in [0.25, 0.3) is 0 Å². The van der Waals surface area contributed by atoms with Crippen LogP contribution < -0.4 is 21.2 Å². The molecular weight excluding hydrogens is 457 g/mol. The quantitative estimate of drug-likeness (QED) is 0.150. The van der Waals surface area contributed by atoms with Crippen LogP contribution in [0.3, 0.4) is 0 Å². The molecule has 1 N–H and O–H groups in total. The minimum Gasteiger partial charge on any atom is -0.354 e. The lowest BCUT2D eigenvalue weighted by molar-refractivity contribution is 0.104. The molecule has 0 amide bonds. The van der Waals surface area contributed by atoms with Crippen LogP contribution in [0.5, 0.6) is 0 Å². The van der Waals surface area contributed by atoms with Crippen molar-refractivity contribution in [1.29, 1.82) is 0 Å². The first-order valence-corrected chi connectivity index (χ1v) is 13.3. The van der Waals surface area contributed by atoms with E-state index in [-0.39, 0.29) is 5.78 Å². The Morgan fingerprint density at radius 3 is 1.53 bits per heavy atom. The molecular formula is C33H26NOP. The molecule has 0 aliphatic carbocycles. The summed E-state index contributed by atoms with van der Waals surface area (Å²) in [6.45, 7) is 0. The van der Waals surface area contributed by atoms with Gasteiger partial charge in [-0.05, 0) is 30.2 Å². The van der Waals surface area contributed by atoms with Gasteiger partial charge in [0.15, 0.2) is 5.78 Å². The number of rotatable bonds is 8. The number of hydrogen-bond acceptors (Lipinski definition) is 2. The number of ketones is 1. The summed E-state index contributed by atoms with van der Waals surface area (Å²) in [6, 6.07) is 49.1. The van der Waals surface area contributed by atoms with Crippen molar-refractivity contribution < 1.29 is 4.79 Å². The molecule has 0 bridgehead atoms. The van der Waals surface area contributed by atoms with Gasteiger partial charge in [-0.1, -0.05) is 140 Å². The van der Waals surface area contributed by atoms with E-state index in [0.29, 0.717) is 5.56 Å². The summed E-state index contributed by atoms with van der Waals surface area (Å²) in [6.07, 6.45) is 1.70. The number of hydrogen-bond donors (Lipinski definition) is 1. The van der Waals surface area contributed by atoms with Crippen LogP contribution >= 0.6 is 7.92 Å². The maximum absolute atomic E-state index is 13.2. The molecule has 0 saturated heterocycles. The molecule has 0 heterocycles. The molecule has 0 aliphatic rings. The molecule has 5 rings (SSSR count). The highest BCUT2D eigenvalue weighted by Crippen LogP contribution is 2.36. The van der Waals surface area contributed by atoms with E-state index in [1.165, 1.54) is 15.9 Å². The molecule has 0 unspecified atom stereocenters. The minimum atomic E-state index is -0.805. The maximum atomic E-state index is 13.2. The van der Waals surface area contributed by atoms with Gasteiger partial charge in [-0.2, -0.15) is 0 Å². The van der Waals surface area contributed by atoms with Gasteiger partial charge in [-0.15, -0.1) is 0 Å². The third kappa shape index (κ3) is 5.51. The van der Waals surface area contributed by atoms with Crippen molar-refractivity contribution in [2.45, 2.75) is 0 Å². The third-order valence-corrected chi connectivity index (χ3v) is 8.36. The van der Waals surface area contributed by atoms with Crippen molar-refractivity contribution in [3.8, 4) is 0 Å². The lowest BCUT2D eigenvalue weighted by atomic mass is 10.1. The van der Waals surface area contributed by atoms with E-state index >= 15 is 0 Å². The zero-order valence-electron chi connectivity index (χ0n) is 19.8. The lowest BCUT2D eigenvalue weighted by Gasteiger charge is -2.23. The summed E-state index contributed by atoms with van der Waals surface area (Å²) in [4.78, 5) is 13.2. The van der Waals surface area contributed by atoms with E-state index in [1.54, 1.807) is 6.08 Å². The number of allylic oxidation sites excluding steroid dienone is 1. The second-order valence-corrected chi connectivity index (χ2v) is 10.5. The highest BCUT2D eigenvalue weighted by Gasteiger charge is 2.20. The fourth-order valence-electron chi connectivity index (χ4n) is 4.13. The molecule has 0 radical (unpaired) electrons. The number of carbonyl (C=O) groups excluding carboxylic acids is 1. The normalized spacial score (nSPS) is 11.3. The van der Waals surface area contributed by atoms with E-state index in [4.69, 9.17) is 0 Å². The Balaban J connectivity index is 1.60. The van der Waals surface area contributed by atoms with Crippen LogP contribution in [0.4, 0.5) is 5.69 Å². The standard InChI is InChI=1S/C33H26NOP/c35-32(27-17-7-2-8-18-27)25-31(26-15-5-1-6-16-26)34-30-23-13-14-24-33(30)36(28-19-9-3-10-20-28)29-21-11-4-12-22-29/h1-25,34H/b31-25-. The molecule has 0 spiro atoms. The monoisotopic (exact) mass is 483 g/mol. The number of carbonyl (C=O) groups is 1. The van der Waals surface area contributed by atoms with Gasteiger partial charge in [0.05, 0.1) is 0 Å². The van der Waals surface area contributed by atoms with Crippen molar-refractivity contribution in [2.75, 3.05) is 5.32 Å². The fourth-order valence-corrected chi connectivity index (χ4v) is 6.53. The first kappa shape index (κ1) is 23.5. The van der Waals surface area contributed by atoms with Gasteiger partial charge >= 0.3 is 0 Å². The molecule has 0 fully saturated rings. The van der Waals surface area contributed by atoms with Crippen LogP contribution in [0, 0.1) is 0 Å². The Labute approximate surface area is 213 Å². The Morgan fingerprint density at radius 2 is 0.972 bits per heavy atom. The lowest BCUT2D eigenvalue weighted by Crippen LogP contribution is -2.23. The third-order valence-electron chi connectivity index (χ3n) is 5.86. The van der Waals surface area contributed by atoms with Crippen molar-refractivity contribution in [2.24, 2.45) is 0 Å². The second kappa shape index (κ2) is 11.4. The minimum absolute atomic E-state index is 0.0344. The van der Waals surface area contributed by atoms with Crippen LogP contribution in [0.15, 0.2) is 152 Å². The summed E-state index contributed by atoms with van der Waals surface area (Å²) >= 11 is 0. The van der Waals surface area contributed by atoms with E-state index in [1.807, 2.05) is 66.7 Å². The maximum Gasteiger partial charge on any atom is 0.187 e. The van der Waals surface area contributed by atoms with Crippen molar-refractivity contribution in [3.63, 3.8) is 0 Å². The molecule has 0 atom stereocenters. The predicted molar refractivity (Wildman–Crippen MR) is 154 cm³/mol. The Kier molecular flexibility index (Phi) is 7.46. The van der Waals surface area contributed by atoms with Crippen LogP contribution in [0.2, 0.25) is 0 Å². The molecule has 0 aromatic heterocycles. The van der Waals surface area contributed by atoms with E-state index < -0.39 is 7.92 Å². The van der Waals surface area contributed by atoms with Crippen molar-refractivity contribution >= 4 is 41.0 Å². The summed E-state index contributed by atoms with van der Waals surface area (Å²) in [5, 5.41) is 7.40. The zero-order valence-corrected chi connectivity index (χ0v) is 20.7. The van der Waals surface area contributed by atoms with Crippen LogP contribution in [0.1, 0.15) is 15.9 Å². The zero-order chi connectivity index (χ0) is 24.6. The highest BCUT2D eigenvalue weighted by atomic mass is 31.1. The summed E-state index contributed by atoms with van der Waals surface area (Å²) < 4.78 is 0. The summed E-state index contributed by atoms with van der Waals surface area (Å²) in [5.41, 5.74) is 3.39. The van der Waals surface area contributed by atoms with E-state index in [0.717, 1.165) is 16.9 Å². The molecule has 174 valence electrons. The van der Waals surface area contributed by atoms with Crippen LogP contribution in [-0.2, 0) is 0 Å². The average Bonchev–Trinajstić information content (AvgIpc) is 2.96. The molecule has 0 saturated carbocycles. The van der Waals surface area contributed by atoms with E-state index in [2.05, 4.69) is 84.2 Å². The number of para-hydroxylation sites is 1. The van der Waals surface area contributed by atoms with Gasteiger partial charge < -0.3 is 5.32 Å². The topological polar surface area (TPSA) is 29.1 Å². The Hall–Kier alpha value is -4.26. The smallest absolute Gasteiger partial charge is 0.187 e. The second-order valence-electron chi connectivity index (χ2n) is 8.30. The highest BCUT2D eigenvalue weighted by molar-refractivity contribution is 7.80. The fraction of sp³-hybridized carbons (Fsp3) is 0. The summed E-state index contributed by atoms with van der Waals surface area (Å²) in [5.74, 6) is -0.0344. The molecule has 0 aliphatic heterocycles. The average molecular weight is 484 g/mol. The molecule has 36 heavy (non-hydrogen) atoms. The molecule has 2 nitrogen and oxygen atoms in total. The number of benzene rings is 5. The Morgan fingerprint density at radius 1 is 0.528 bits per heavy atom. The Bertz CT molecular complexity index is 1410. The molecule has 5 aromatic rings. The SMILES string of the molecule is O=C(/C=C(\Nc1ccccc1P(c1ccccc1)c1ccccc1)c1ccccc1)c1ccccc1. The number of nitrogens with one attached hydrogen (secondary N) is 1. The van der Waals surface area contributed by atoms with Crippen molar-refractivity contribution in [1.82, 2.24) is 0 Å². The van der Waals surface area contributed by atoms with Gasteiger partial charge in [0.1, 0.15) is 0 Å². The van der Waals surface area contributed by atoms with Crippen LogP contribution in [-0.4, -0.2) is 5.78 Å². The van der Waals surface area contributed by atoms with Gasteiger partial charge in [-0.3, -0.25) is 4.79 Å². The van der Waals surface area contributed by atoms with E-state index in [9.17, 15) is 4.79 Å². The molecule has 5 aromatic carbocycles. The van der Waals surface area contributed by atoms with Crippen LogP contribution in [0.25, 0.3) is 5.70 Å². The number of anilines is 1. The van der Waals surface area contributed by atoms with Crippen molar-refractivity contribution in [3.05, 3.63) is 163 Å². The van der Waals surface area contributed by atoms with Gasteiger partial charge in [-0.25, -0.2) is 0 Å². The molecule has 3 heteroatoms. The summed E-state index contributed by atoms with van der Waals surface area (Å²) in [7, 11) is -0.805. The first-order chi connectivity index (χ1) is 17.8. The van der Waals surface area contributed by atoms with Gasteiger partial charge in [0, 0.05) is 28.3 Å². The largest absolute Gasteiger partial charge is 0.354 e. The van der Waals surface area contributed by atoms with Gasteiger partial charge in [0.2, 0.25) is 0 Å². The predicted octanol–water partition coefficient (Wildman–Crippen LogP) is 6.78. The first-order valence-electron chi connectivity index (χ1n) is 11.9.